The van der Waals surface area contributed by atoms with E-state index in [0.29, 0.717) is 22.2 Å². The molecule has 0 unspecified atom stereocenters. The van der Waals surface area contributed by atoms with Crippen molar-refractivity contribution in [1.82, 2.24) is 24.5 Å². The molecular formula is C19H23ClN6O2S. The van der Waals surface area contributed by atoms with Crippen LogP contribution in [0.3, 0.4) is 0 Å². The molecule has 1 fully saturated rings. The van der Waals surface area contributed by atoms with E-state index in [1.54, 1.807) is 31.6 Å². The van der Waals surface area contributed by atoms with Crippen molar-refractivity contribution < 1.29 is 8.42 Å². The molecule has 0 saturated carbocycles. The third kappa shape index (κ3) is 3.82. The Labute approximate surface area is 175 Å². The van der Waals surface area contributed by atoms with Gasteiger partial charge in [0.25, 0.3) is 0 Å². The number of halogens is 1. The molecule has 1 aliphatic rings. The number of hydrogen-bond donors (Lipinski definition) is 1. The normalized spacial score (nSPS) is 14.8. The number of nitrogens with zero attached hydrogens (tertiary/aromatic N) is 5. The number of fused-ring (bicyclic) bond motifs is 1. The number of hydrogen-bond acceptors (Lipinski definition) is 6. The maximum Gasteiger partial charge on any atom is 0.244 e. The zero-order valence-electron chi connectivity index (χ0n) is 16.6. The summed E-state index contributed by atoms with van der Waals surface area (Å²) in [5.74, 6) is 1.22. The summed E-state index contributed by atoms with van der Waals surface area (Å²) in [5.41, 5.74) is 1.79. The van der Waals surface area contributed by atoms with Crippen LogP contribution in [0.1, 0.15) is 30.1 Å². The number of aryl methyl sites for hydroxylation is 2. The topological polar surface area (TPSA) is 93.0 Å². The fraction of sp³-hybridized carbons (Fsp3) is 0.421. The summed E-state index contributed by atoms with van der Waals surface area (Å²) in [6, 6.07) is 5.48. The molecule has 0 bridgehead atoms. The molecule has 3 heterocycles. The molecular weight excluding hydrogens is 412 g/mol. The van der Waals surface area contributed by atoms with Gasteiger partial charge in [-0.25, -0.2) is 23.1 Å². The number of nitrogens with one attached hydrogen (secondary N) is 1. The first-order valence-corrected chi connectivity index (χ1v) is 11.3. The van der Waals surface area contributed by atoms with Crippen molar-refractivity contribution in [1.29, 1.82) is 0 Å². The van der Waals surface area contributed by atoms with E-state index < -0.39 is 10.0 Å². The van der Waals surface area contributed by atoms with Gasteiger partial charge in [-0.2, -0.15) is 5.10 Å². The molecule has 0 atom stereocenters. The summed E-state index contributed by atoms with van der Waals surface area (Å²) in [6.45, 7) is 5.24. The summed E-state index contributed by atoms with van der Waals surface area (Å²) in [4.78, 5) is 11.6. The number of aromatic nitrogens is 4. The highest BCUT2D eigenvalue weighted by Crippen LogP contribution is 2.29. The average Bonchev–Trinajstić information content (AvgIpc) is 3.28. The van der Waals surface area contributed by atoms with Crippen molar-refractivity contribution in [3.63, 3.8) is 0 Å². The molecule has 1 aliphatic heterocycles. The van der Waals surface area contributed by atoms with Gasteiger partial charge < -0.3 is 4.90 Å². The van der Waals surface area contributed by atoms with Gasteiger partial charge in [0.05, 0.1) is 23.4 Å². The van der Waals surface area contributed by atoms with Gasteiger partial charge >= 0.3 is 0 Å². The molecule has 29 heavy (non-hydrogen) atoms. The summed E-state index contributed by atoms with van der Waals surface area (Å²) in [7, 11) is -2.02. The van der Waals surface area contributed by atoms with Crippen LogP contribution in [0.25, 0.3) is 10.9 Å². The third-order valence-electron chi connectivity index (χ3n) is 5.22. The van der Waals surface area contributed by atoms with Crippen molar-refractivity contribution >= 4 is 38.3 Å². The Morgan fingerprint density at radius 2 is 1.90 bits per heavy atom. The molecule has 0 spiro atoms. The van der Waals surface area contributed by atoms with Gasteiger partial charge in [-0.05, 0) is 44.9 Å². The van der Waals surface area contributed by atoms with Crippen molar-refractivity contribution in [2.45, 2.75) is 38.1 Å². The molecule has 1 aromatic carbocycles. The molecule has 4 rings (SSSR count). The van der Waals surface area contributed by atoms with E-state index in [9.17, 15) is 8.42 Å². The van der Waals surface area contributed by atoms with Gasteiger partial charge in [0, 0.05) is 30.5 Å². The molecule has 3 aromatic rings. The molecule has 0 amide bonds. The Hall–Kier alpha value is -2.23. The monoisotopic (exact) mass is 434 g/mol. The van der Waals surface area contributed by atoms with E-state index in [-0.39, 0.29) is 11.4 Å². The quantitative estimate of drug-likeness (QED) is 0.663. The Balaban J connectivity index is 1.68. The van der Waals surface area contributed by atoms with Crippen LogP contribution in [0.5, 0.6) is 0 Å². The van der Waals surface area contributed by atoms with Crippen LogP contribution in [0.4, 0.5) is 5.82 Å². The van der Waals surface area contributed by atoms with Gasteiger partial charge in [-0.15, -0.1) is 0 Å². The van der Waals surface area contributed by atoms with Crippen molar-refractivity contribution in [3.05, 3.63) is 40.4 Å². The van der Waals surface area contributed by atoms with Crippen molar-refractivity contribution in [2.75, 3.05) is 18.0 Å². The largest absolute Gasteiger partial charge is 0.356 e. The zero-order chi connectivity index (χ0) is 20.8. The van der Waals surface area contributed by atoms with Crippen LogP contribution >= 0.6 is 11.6 Å². The van der Waals surface area contributed by atoms with Gasteiger partial charge in [-0.3, -0.25) is 4.68 Å². The Kier molecular flexibility index (Phi) is 5.22. The third-order valence-corrected chi connectivity index (χ3v) is 7.11. The van der Waals surface area contributed by atoms with Gasteiger partial charge in [0.2, 0.25) is 10.0 Å². The Bertz CT molecular complexity index is 1190. The first-order valence-electron chi connectivity index (χ1n) is 9.47. The first-order chi connectivity index (χ1) is 13.8. The Morgan fingerprint density at radius 1 is 1.17 bits per heavy atom. The lowest BCUT2D eigenvalue weighted by molar-refractivity contribution is 0.577. The van der Waals surface area contributed by atoms with Crippen LogP contribution in [-0.2, 0) is 23.6 Å². The highest BCUT2D eigenvalue weighted by atomic mass is 35.5. The van der Waals surface area contributed by atoms with E-state index in [1.165, 1.54) is 0 Å². The molecule has 154 valence electrons. The molecule has 0 aliphatic carbocycles. The summed E-state index contributed by atoms with van der Waals surface area (Å²) in [5, 5.41) is 5.70. The lowest BCUT2D eigenvalue weighted by Crippen LogP contribution is -2.26. The second kappa shape index (κ2) is 7.55. The minimum absolute atomic E-state index is 0.00445. The Morgan fingerprint density at radius 3 is 2.55 bits per heavy atom. The van der Waals surface area contributed by atoms with Crippen molar-refractivity contribution in [2.24, 2.45) is 7.05 Å². The number of benzene rings is 1. The molecule has 8 nitrogen and oxygen atoms in total. The van der Waals surface area contributed by atoms with Crippen LogP contribution < -0.4 is 9.62 Å². The zero-order valence-corrected chi connectivity index (χ0v) is 18.2. The SMILES string of the molecule is Cc1nn(C)c(C)c1S(=O)(=O)NCc1nc(N2CCCC2)c2cc(Cl)ccc2n1. The summed E-state index contributed by atoms with van der Waals surface area (Å²) >= 11 is 6.18. The summed E-state index contributed by atoms with van der Waals surface area (Å²) in [6.07, 6.45) is 2.21. The maximum atomic E-state index is 12.9. The predicted molar refractivity (Wildman–Crippen MR) is 113 cm³/mol. The van der Waals surface area contributed by atoms with Crippen LogP contribution in [0, 0.1) is 13.8 Å². The minimum atomic E-state index is -3.74. The highest BCUT2D eigenvalue weighted by molar-refractivity contribution is 7.89. The summed E-state index contributed by atoms with van der Waals surface area (Å²) < 4.78 is 29.9. The number of anilines is 1. The number of rotatable bonds is 5. The number of sulfonamides is 1. The van der Waals surface area contributed by atoms with E-state index in [0.717, 1.165) is 42.7 Å². The molecule has 1 N–H and O–H groups in total. The molecule has 10 heteroatoms. The predicted octanol–water partition coefficient (Wildman–Crippen LogP) is 2.71. The lowest BCUT2D eigenvalue weighted by Gasteiger charge is -2.19. The van der Waals surface area contributed by atoms with Gasteiger partial charge in [-0.1, -0.05) is 11.6 Å². The fourth-order valence-corrected chi connectivity index (χ4v) is 5.34. The highest BCUT2D eigenvalue weighted by Gasteiger charge is 2.24. The van der Waals surface area contributed by atoms with Gasteiger partial charge in [0.15, 0.2) is 0 Å². The first kappa shape index (κ1) is 20.1. The molecule has 1 saturated heterocycles. The smallest absolute Gasteiger partial charge is 0.244 e. The standard InChI is InChI=1S/C19H23ClN6O2S/c1-12-18(13(2)25(3)24-12)29(27,28)21-11-17-22-16-7-6-14(20)10-15(16)19(23-17)26-8-4-5-9-26/h6-7,10,21H,4-5,8-9,11H2,1-3H3. The lowest BCUT2D eigenvalue weighted by atomic mass is 10.2. The van der Waals surface area contributed by atoms with E-state index in [2.05, 4.69) is 24.7 Å². The molecule has 0 radical (unpaired) electrons. The molecule has 2 aromatic heterocycles. The van der Waals surface area contributed by atoms with E-state index in [1.807, 2.05) is 12.1 Å². The average molecular weight is 435 g/mol. The van der Waals surface area contributed by atoms with Gasteiger partial charge in [0.1, 0.15) is 16.5 Å². The van der Waals surface area contributed by atoms with E-state index in [4.69, 9.17) is 11.6 Å². The maximum absolute atomic E-state index is 12.9. The fourth-order valence-electron chi connectivity index (χ4n) is 3.76. The minimum Gasteiger partial charge on any atom is -0.356 e. The second-order valence-corrected chi connectivity index (χ2v) is 9.41. The van der Waals surface area contributed by atoms with Crippen LogP contribution in [0.15, 0.2) is 23.1 Å². The van der Waals surface area contributed by atoms with Crippen molar-refractivity contribution in [3.8, 4) is 0 Å². The second-order valence-electron chi connectivity index (χ2n) is 7.27. The van der Waals surface area contributed by atoms with E-state index >= 15 is 0 Å². The van der Waals surface area contributed by atoms with Crippen LogP contribution in [-0.4, -0.2) is 41.3 Å². The van der Waals surface area contributed by atoms with Crippen LogP contribution in [0.2, 0.25) is 5.02 Å².